The van der Waals surface area contributed by atoms with Crippen LogP contribution in [0.1, 0.15) is 24.0 Å². The predicted molar refractivity (Wildman–Crippen MR) is 105 cm³/mol. The average molecular weight is 390 g/mol. The van der Waals surface area contributed by atoms with Gasteiger partial charge in [-0.05, 0) is 66.8 Å². The summed E-state index contributed by atoms with van der Waals surface area (Å²) >= 11 is 7.38. The largest absolute Gasteiger partial charge is 0.456 e. The van der Waals surface area contributed by atoms with Gasteiger partial charge in [-0.1, -0.05) is 17.7 Å². The van der Waals surface area contributed by atoms with Crippen LogP contribution in [0.2, 0.25) is 5.02 Å². The summed E-state index contributed by atoms with van der Waals surface area (Å²) < 4.78 is 5.04. The Labute approximate surface area is 162 Å². The molecule has 0 saturated heterocycles. The van der Waals surface area contributed by atoms with Crippen molar-refractivity contribution in [1.82, 2.24) is 0 Å². The first-order valence-electron chi connectivity index (χ1n) is 8.56. The maximum atomic E-state index is 11.9. The monoisotopic (exact) mass is 389 g/mol. The molecule has 1 aliphatic rings. The minimum Gasteiger partial charge on any atom is -0.456 e. The molecule has 26 heavy (non-hydrogen) atoms. The van der Waals surface area contributed by atoms with Crippen LogP contribution in [0.25, 0.3) is 0 Å². The predicted octanol–water partition coefficient (Wildman–Crippen LogP) is 4.49. The Kier molecular flexibility index (Phi) is 6.58. The number of hydrogen-bond acceptors (Lipinski definition) is 4. The fourth-order valence-electron chi connectivity index (χ4n) is 2.85. The van der Waals surface area contributed by atoms with Gasteiger partial charge in [-0.3, -0.25) is 9.59 Å². The molecular weight excluding hydrogens is 370 g/mol. The number of aryl methyl sites for hydroxylation is 2. The lowest BCUT2D eigenvalue weighted by Gasteiger charge is -2.08. The number of carbonyl (C=O) groups excluding carboxylic acids is 2. The Morgan fingerprint density at radius 2 is 1.85 bits per heavy atom. The third-order valence-electron chi connectivity index (χ3n) is 4.14. The lowest BCUT2D eigenvalue weighted by molar-refractivity contribution is -0.146. The van der Waals surface area contributed by atoms with Gasteiger partial charge in [0.05, 0.1) is 6.42 Å². The van der Waals surface area contributed by atoms with Crippen molar-refractivity contribution in [2.75, 3.05) is 17.7 Å². The zero-order valence-electron chi connectivity index (χ0n) is 14.3. The summed E-state index contributed by atoms with van der Waals surface area (Å²) in [5.74, 6) is -0.107. The number of rotatable bonds is 7. The van der Waals surface area contributed by atoms with Crippen LogP contribution in [0, 0.1) is 0 Å². The Bertz CT molecular complexity index is 792. The number of hydrogen-bond donors (Lipinski definition) is 1. The molecule has 4 nitrogen and oxygen atoms in total. The van der Waals surface area contributed by atoms with E-state index in [9.17, 15) is 9.59 Å². The van der Waals surface area contributed by atoms with E-state index in [1.165, 1.54) is 17.5 Å². The van der Waals surface area contributed by atoms with E-state index in [-0.39, 0.29) is 24.9 Å². The standard InChI is InChI=1S/C20H20ClNO3S/c21-16-5-8-18(9-6-16)26-11-10-20(24)25-13-19(23)22-17-7-4-14-2-1-3-15(14)12-17/h4-9,12H,1-3,10-11,13H2,(H,22,23). The van der Waals surface area contributed by atoms with Crippen molar-refractivity contribution in [2.24, 2.45) is 0 Å². The van der Waals surface area contributed by atoms with E-state index in [2.05, 4.69) is 11.4 Å². The summed E-state index contributed by atoms with van der Waals surface area (Å²) in [6.45, 7) is -0.262. The van der Waals surface area contributed by atoms with E-state index < -0.39 is 0 Å². The quantitative estimate of drug-likeness (QED) is 0.559. The number of halogens is 1. The fraction of sp³-hybridized carbons (Fsp3) is 0.300. The van der Waals surface area contributed by atoms with Crippen LogP contribution >= 0.6 is 23.4 Å². The van der Waals surface area contributed by atoms with Crippen LogP contribution in [0.15, 0.2) is 47.4 Å². The number of thioether (sulfide) groups is 1. The van der Waals surface area contributed by atoms with Gasteiger partial charge in [0.2, 0.25) is 0 Å². The van der Waals surface area contributed by atoms with Crippen LogP contribution in [0.5, 0.6) is 0 Å². The highest BCUT2D eigenvalue weighted by Crippen LogP contribution is 2.25. The van der Waals surface area contributed by atoms with Crippen molar-refractivity contribution in [3.8, 4) is 0 Å². The molecule has 1 amide bonds. The Morgan fingerprint density at radius 3 is 2.65 bits per heavy atom. The van der Waals surface area contributed by atoms with Gasteiger partial charge in [0.1, 0.15) is 0 Å². The molecule has 0 aromatic heterocycles. The number of amides is 1. The second-order valence-corrected chi connectivity index (χ2v) is 7.70. The first-order valence-corrected chi connectivity index (χ1v) is 9.92. The zero-order valence-corrected chi connectivity index (χ0v) is 15.9. The molecule has 0 saturated carbocycles. The Hall–Kier alpha value is -1.98. The van der Waals surface area contributed by atoms with Crippen molar-refractivity contribution < 1.29 is 14.3 Å². The van der Waals surface area contributed by atoms with Gasteiger partial charge in [0.15, 0.2) is 6.61 Å². The van der Waals surface area contributed by atoms with Gasteiger partial charge in [-0.15, -0.1) is 11.8 Å². The molecular formula is C20H20ClNO3S. The SMILES string of the molecule is O=C(COC(=O)CCSc1ccc(Cl)cc1)Nc1ccc2c(c1)CCC2. The highest BCUT2D eigenvalue weighted by molar-refractivity contribution is 7.99. The summed E-state index contributed by atoms with van der Waals surface area (Å²) in [6.07, 6.45) is 3.58. The molecule has 0 atom stereocenters. The molecule has 1 aliphatic carbocycles. The minimum atomic E-state index is -0.379. The van der Waals surface area contributed by atoms with Gasteiger partial charge < -0.3 is 10.1 Å². The van der Waals surface area contributed by atoms with E-state index >= 15 is 0 Å². The van der Waals surface area contributed by atoms with Crippen LogP contribution in [0.4, 0.5) is 5.69 Å². The highest BCUT2D eigenvalue weighted by atomic mass is 35.5. The van der Waals surface area contributed by atoms with Gasteiger partial charge >= 0.3 is 5.97 Å². The normalized spacial score (nSPS) is 12.5. The van der Waals surface area contributed by atoms with E-state index in [0.717, 1.165) is 23.4 Å². The molecule has 0 heterocycles. The second-order valence-electron chi connectivity index (χ2n) is 6.10. The third-order valence-corrected chi connectivity index (χ3v) is 5.40. The Balaban J connectivity index is 1.36. The molecule has 0 aliphatic heterocycles. The third kappa shape index (κ3) is 5.51. The van der Waals surface area contributed by atoms with Gasteiger partial charge in [0, 0.05) is 21.4 Å². The molecule has 0 spiro atoms. The molecule has 0 fully saturated rings. The van der Waals surface area contributed by atoms with Crippen molar-refractivity contribution in [2.45, 2.75) is 30.6 Å². The van der Waals surface area contributed by atoms with Crippen molar-refractivity contribution in [3.05, 3.63) is 58.6 Å². The lowest BCUT2D eigenvalue weighted by atomic mass is 10.1. The molecule has 2 aromatic carbocycles. The number of nitrogens with one attached hydrogen (secondary N) is 1. The molecule has 6 heteroatoms. The lowest BCUT2D eigenvalue weighted by Crippen LogP contribution is -2.21. The van der Waals surface area contributed by atoms with Crippen LogP contribution in [0.3, 0.4) is 0 Å². The minimum absolute atomic E-state index is 0.249. The number of esters is 1. The summed E-state index contributed by atoms with van der Waals surface area (Å²) in [5, 5.41) is 3.46. The van der Waals surface area contributed by atoms with E-state index in [1.807, 2.05) is 36.4 Å². The Morgan fingerprint density at radius 1 is 1.08 bits per heavy atom. The smallest absolute Gasteiger partial charge is 0.307 e. The number of anilines is 1. The number of ether oxygens (including phenoxy) is 1. The number of fused-ring (bicyclic) bond motifs is 1. The topological polar surface area (TPSA) is 55.4 Å². The van der Waals surface area contributed by atoms with E-state index in [0.29, 0.717) is 10.8 Å². The first kappa shape index (κ1) is 18.8. The first-order chi connectivity index (χ1) is 12.6. The average Bonchev–Trinajstić information content (AvgIpc) is 3.09. The second kappa shape index (κ2) is 9.10. The van der Waals surface area contributed by atoms with Gasteiger partial charge in [-0.2, -0.15) is 0 Å². The summed E-state index contributed by atoms with van der Waals surface area (Å²) in [5.41, 5.74) is 3.40. The molecule has 0 unspecified atom stereocenters. The molecule has 0 radical (unpaired) electrons. The zero-order chi connectivity index (χ0) is 18.4. The van der Waals surface area contributed by atoms with Crippen molar-refractivity contribution in [1.29, 1.82) is 0 Å². The summed E-state index contributed by atoms with van der Waals surface area (Å²) in [7, 11) is 0. The maximum Gasteiger partial charge on any atom is 0.307 e. The summed E-state index contributed by atoms with van der Waals surface area (Å²) in [6, 6.07) is 13.4. The molecule has 1 N–H and O–H groups in total. The molecule has 3 rings (SSSR count). The maximum absolute atomic E-state index is 11.9. The van der Waals surface area contributed by atoms with Gasteiger partial charge in [-0.25, -0.2) is 0 Å². The highest BCUT2D eigenvalue weighted by Gasteiger charge is 2.13. The van der Waals surface area contributed by atoms with Crippen LogP contribution in [-0.2, 0) is 27.2 Å². The van der Waals surface area contributed by atoms with E-state index in [1.54, 1.807) is 11.8 Å². The van der Waals surface area contributed by atoms with Gasteiger partial charge in [0.25, 0.3) is 5.91 Å². The fourth-order valence-corrected chi connectivity index (χ4v) is 3.81. The summed E-state index contributed by atoms with van der Waals surface area (Å²) in [4.78, 5) is 24.7. The molecule has 2 aromatic rings. The molecule has 0 bridgehead atoms. The molecule has 136 valence electrons. The number of carbonyl (C=O) groups is 2. The van der Waals surface area contributed by atoms with Crippen LogP contribution < -0.4 is 5.32 Å². The van der Waals surface area contributed by atoms with Crippen LogP contribution in [-0.4, -0.2) is 24.2 Å². The van der Waals surface area contributed by atoms with Crippen molar-refractivity contribution >= 4 is 40.9 Å². The number of benzene rings is 2. The van der Waals surface area contributed by atoms with E-state index in [4.69, 9.17) is 16.3 Å². The van der Waals surface area contributed by atoms with Crippen molar-refractivity contribution in [3.63, 3.8) is 0 Å².